The maximum Gasteiger partial charge on any atom is 0.143 e. The third kappa shape index (κ3) is 1.38. The monoisotopic (exact) mass is 217 g/mol. The zero-order valence-corrected chi connectivity index (χ0v) is 9.06. The molecule has 1 fully saturated rings. The Hall–Kier alpha value is -1.55. The molecule has 1 saturated carbocycles. The molecule has 84 valence electrons. The highest BCUT2D eigenvalue weighted by Gasteiger charge is 2.28. The van der Waals surface area contributed by atoms with Gasteiger partial charge in [-0.05, 0) is 31.5 Å². The van der Waals surface area contributed by atoms with Crippen LogP contribution >= 0.6 is 0 Å². The van der Waals surface area contributed by atoms with Crippen LogP contribution in [0, 0.1) is 0 Å². The number of phenols is 1. The molecule has 0 bridgehead atoms. The highest BCUT2D eigenvalue weighted by Crippen LogP contribution is 2.39. The summed E-state index contributed by atoms with van der Waals surface area (Å²) in [6.07, 6.45) is 3.18. The van der Waals surface area contributed by atoms with Gasteiger partial charge in [-0.15, -0.1) is 0 Å². The third-order valence-electron chi connectivity index (χ3n) is 3.05. The van der Waals surface area contributed by atoms with Gasteiger partial charge in [-0.2, -0.15) is 0 Å². The number of benzene rings is 1. The Kier molecular flexibility index (Phi) is 2.11. The van der Waals surface area contributed by atoms with E-state index in [-0.39, 0.29) is 5.75 Å². The van der Waals surface area contributed by atoms with E-state index >= 15 is 0 Å². The van der Waals surface area contributed by atoms with Crippen molar-refractivity contribution in [3.63, 3.8) is 0 Å². The molecule has 0 radical (unpaired) electrons. The topological polar surface area (TPSA) is 64.1 Å². The molecule has 0 amide bonds. The van der Waals surface area contributed by atoms with Crippen LogP contribution in [0.1, 0.15) is 24.7 Å². The molecule has 1 aliphatic rings. The molecular formula is C12H15N3O. The Morgan fingerprint density at radius 3 is 2.94 bits per heavy atom. The number of hydrogen-bond acceptors (Lipinski definition) is 3. The number of phenolic OH excluding ortho intramolecular Hbond substituents is 1. The normalized spacial score (nSPS) is 15.8. The molecule has 1 heterocycles. The molecule has 2 aromatic rings. The number of rotatable bonds is 3. The van der Waals surface area contributed by atoms with Crippen molar-refractivity contribution in [2.45, 2.75) is 25.3 Å². The third-order valence-corrected chi connectivity index (χ3v) is 3.05. The molecule has 4 heteroatoms. The zero-order chi connectivity index (χ0) is 11.1. The Morgan fingerprint density at radius 2 is 2.25 bits per heavy atom. The summed E-state index contributed by atoms with van der Waals surface area (Å²) in [6, 6.07) is 6.12. The number of para-hydroxylation sites is 1. The van der Waals surface area contributed by atoms with E-state index in [1.807, 2.05) is 12.1 Å². The van der Waals surface area contributed by atoms with E-state index in [2.05, 4.69) is 9.55 Å². The highest BCUT2D eigenvalue weighted by atomic mass is 16.3. The number of hydrogen-bond donors (Lipinski definition) is 2. The van der Waals surface area contributed by atoms with Crippen molar-refractivity contribution in [3.05, 3.63) is 24.0 Å². The fourth-order valence-corrected chi connectivity index (χ4v) is 2.20. The number of fused-ring (bicyclic) bond motifs is 1. The van der Waals surface area contributed by atoms with Crippen LogP contribution in [0.3, 0.4) is 0 Å². The van der Waals surface area contributed by atoms with Crippen molar-refractivity contribution < 1.29 is 5.11 Å². The fraction of sp³-hybridized carbons (Fsp3) is 0.417. The molecule has 1 aromatic carbocycles. The van der Waals surface area contributed by atoms with Crippen LogP contribution in [-0.2, 0) is 6.42 Å². The first-order chi connectivity index (χ1) is 7.81. The summed E-state index contributed by atoms with van der Waals surface area (Å²) in [5, 5.41) is 9.77. The molecule has 16 heavy (non-hydrogen) atoms. The molecule has 1 aliphatic carbocycles. The Labute approximate surface area is 93.7 Å². The molecular weight excluding hydrogens is 202 g/mol. The second kappa shape index (κ2) is 3.49. The van der Waals surface area contributed by atoms with Crippen LogP contribution in [0.5, 0.6) is 5.75 Å². The molecule has 0 spiro atoms. The van der Waals surface area contributed by atoms with E-state index in [0.29, 0.717) is 18.1 Å². The maximum atomic E-state index is 9.77. The predicted molar refractivity (Wildman–Crippen MR) is 62.4 cm³/mol. The van der Waals surface area contributed by atoms with Gasteiger partial charge in [0.25, 0.3) is 0 Å². The molecule has 0 unspecified atom stereocenters. The second-order valence-corrected chi connectivity index (χ2v) is 4.31. The van der Waals surface area contributed by atoms with Gasteiger partial charge >= 0.3 is 0 Å². The Morgan fingerprint density at radius 1 is 1.44 bits per heavy atom. The summed E-state index contributed by atoms with van der Waals surface area (Å²) >= 11 is 0. The summed E-state index contributed by atoms with van der Waals surface area (Å²) in [5.74, 6) is 1.26. The van der Waals surface area contributed by atoms with Crippen molar-refractivity contribution in [1.82, 2.24) is 9.55 Å². The zero-order valence-electron chi connectivity index (χ0n) is 9.06. The summed E-state index contributed by atoms with van der Waals surface area (Å²) < 4.78 is 2.24. The van der Waals surface area contributed by atoms with Crippen LogP contribution in [0.2, 0.25) is 0 Å². The van der Waals surface area contributed by atoms with Crippen molar-refractivity contribution in [3.8, 4) is 5.75 Å². The van der Waals surface area contributed by atoms with Gasteiger partial charge in [0.1, 0.15) is 17.1 Å². The van der Waals surface area contributed by atoms with Gasteiger partial charge in [-0.1, -0.05) is 6.07 Å². The van der Waals surface area contributed by atoms with E-state index in [4.69, 9.17) is 5.73 Å². The number of nitrogens with two attached hydrogens (primary N) is 1. The minimum Gasteiger partial charge on any atom is -0.506 e. The smallest absolute Gasteiger partial charge is 0.143 e. The van der Waals surface area contributed by atoms with Gasteiger partial charge < -0.3 is 15.4 Å². The van der Waals surface area contributed by atoms with Gasteiger partial charge in [0.15, 0.2) is 0 Å². The minimum absolute atomic E-state index is 0.259. The average Bonchev–Trinajstić information content (AvgIpc) is 3.02. The summed E-state index contributed by atoms with van der Waals surface area (Å²) in [4.78, 5) is 4.50. The van der Waals surface area contributed by atoms with Crippen LogP contribution < -0.4 is 5.73 Å². The first-order valence-corrected chi connectivity index (χ1v) is 5.70. The van der Waals surface area contributed by atoms with Crippen LogP contribution in [0.25, 0.3) is 11.0 Å². The van der Waals surface area contributed by atoms with Gasteiger partial charge in [0.05, 0.1) is 5.52 Å². The molecule has 3 N–H and O–H groups in total. The largest absolute Gasteiger partial charge is 0.506 e. The fourth-order valence-electron chi connectivity index (χ4n) is 2.20. The molecule has 3 rings (SSSR count). The first kappa shape index (κ1) is 9.66. The molecule has 4 nitrogen and oxygen atoms in total. The maximum absolute atomic E-state index is 9.77. The molecule has 0 saturated heterocycles. The van der Waals surface area contributed by atoms with Crippen molar-refractivity contribution in [1.29, 1.82) is 0 Å². The molecule has 0 aliphatic heterocycles. The van der Waals surface area contributed by atoms with E-state index in [1.54, 1.807) is 6.07 Å². The number of aromatic nitrogens is 2. The van der Waals surface area contributed by atoms with Crippen molar-refractivity contribution in [2.75, 3.05) is 6.54 Å². The SMILES string of the molecule is NCCc1nc2c(O)cccc2n1C1CC1. The predicted octanol–water partition coefficient (Wildman–Crippen LogP) is 1.58. The molecule has 1 aromatic heterocycles. The standard InChI is InChI=1S/C12H15N3O/c13-7-6-11-14-12-9(2-1-3-10(12)16)15(11)8-4-5-8/h1-3,8,16H,4-7,13H2. The molecule has 0 atom stereocenters. The Balaban J connectivity index is 2.24. The Bertz CT molecular complexity index is 528. The average molecular weight is 217 g/mol. The van der Waals surface area contributed by atoms with E-state index < -0.39 is 0 Å². The first-order valence-electron chi connectivity index (χ1n) is 5.70. The second-order valence-electron chi connectivity index (χ2n) is 4.31. The van der Waals surface area contributed by atoms with E-state index in [1.165, 1.54) is 12.8 Å². The van der Waals surface area contributed by atoms with Crippen molar-refractivity contribution >= 4 is 11.0 Å². The van der Waals surface area contributed by atoms with Gasteiger partial charge in [0, 0.05) is 12.5 Å². The number of imidazole rings is 1. The lowest BCUT2D eigenvalue weighted by Gasteiger charge is -2.06. The quantitative estimate of drug-likeness (QED) is 0.820. The lowest BCUT2D eigenvalue weighted by atomic mass is 10.3. The highest BCUT2D eigenvalue weighted by molar-refractivity contribution is 5.82. The minimum atomic E-state index is 0.259. The van der Waals surface area contributed by atoms with E-state index in [0.717, 1.165) is 17.8 Å². The summed E-state index contributed by atoms with van der Waals surface area (Å²) in [7, 11) is 0. The summed E-state index contributed by atoms with van der Waals surface area (Å²) in [5.41, 5.74) is 7.33. The van der Waals surface area contributed by atoms with Gasteiger partial charge in [0.2, 0.25) is 0 Å². The van der Waals surface area contributed by atoms with Crippen molar-refractivity contribution in [2.24, 2.45) is 5.73 Å². The lowest BCUT2D eigenvalue weighted by molar-refractivity contribution is 0.480. The van der Waals surface area contributed by atoms with Crippen LogP contribution in [0.15, 0.2) is 18.2 Å². The number of aromatic hydroxyl groups is 1. The summed E-state index contributed by atoms with van der Waals surface area (Å²) in [6.45, 7) is 0.594. The van der Waals surface area contributed by atoms with Crippen LogP contribution in [0.4, 0.5) is 0 Å². The van der Waals surface area contributed by atoms with Gasteiger partial charge in [-0.25, -0.2) is 4.98 Å². The van der Waals surface area contributed by atoms with Gasteiger partial charge in [-0.3, -0.25) is 0 Å². The lowest BCUT2D eigenvalue weighted by Crippen LogP contribution is -2.09. The van der Waals surface area contributed by atoms with Crippen LogP contribution in [-0.4, -0.2) is 21.2 Å². The number of nitrogens with zero attached hydrogens (tertiary/aromatic N) is 2. The van der Waals surface area contributed by atoms with E-state index in [9.17, 15) is 5.11 Å².